The van der Waals surface area contributed by atoms with Crippen LogP contribution in [0.3, 0.4) is 0 Å². The monoisotopic (exact) mass is 504 g/mol. The number of benzene rings is 2. The minimum atomic E-state index is -0.933. The van der Waals surface area contributed by atoms with E-state index in [1.807, 2.05) is 35.2 Å². The number of aromatic hydroxyl groups is 1. The van der Waals surface area contributed by atoms with Crippen LogP contribution in [0.5, 0.6) is 5.75 Å². The van der Waals surface area contributed by atoms with Crippen LogP contribution >= 0.6 is 0 Å². The van der Waals surface area contributed by atoms with E-state index in [0.717, 1.165) is 32.4 Å². The number of aryl methyl sites for hydroxylation is 1. The summed E-state index contributed by atoms with van der Waals surface area (Å²) < 4.78 is 0. The van der Waals surface area contributed by atoms with E-state index in [1.165, 1.54) is 56.1 Å². The Balaban J connectivity index is 1.20. The standard InChI is InChI=1S/C32H44N2O3/c35-30-13-7-12-26(22-30)27-20-28-15-16-29(21-27)34(28)19-18-33(23-25-10-5-2-6-11-25)32(37)31(36)17-14-24-8-3-1-4-9-24/h1,3-4,7-9,12-13,22,25,27-29,31,35-36H,2,5-6,10-11,14-21,23H2/t27?,28?,29?,31-/m1/s1. The first-order valence-electron chi connectivity index (χ1n) is 14.6. The van der Waals surface area contributed by atoms with Crippen molar-refractivity contribution in [3.63, 3.8) is 0 Å². The Morgan fingerprint density at radius 3 is 2.38 bits per heavy atom. The van der Waals surface area contributed by atoms with Gasteiger partial charge in [-0.15, -0.1) is 0 Å². The molecule has 2 unspecified atom stereocenters. The van der Waals surface area contributed by atoms with Crippen molar-refractivity contribution in [3.8, 4) is 5.75 Å². The first-order valence-corrected chi connectivity index (χ1v) is 14.6. The molecule has 5 rings (SSSR count). The van der Waals surface area contributed by atoms with Crippen LogP contribution in [0.25, 0.3) is 0 Å². The molecule has 2 aromatic rings. The summed E-state index contributed by atoms with van der Waals surface area (Å²) in [6.45, 7) is 2.39. The van der Waals surface area contributed by atoms with Gasteiger partial charge in [0.25, 0.3) is 5.91 Å². The number of aliphatic hydroxyl groups is 1. The number of carbonyl (C=O) groups is 1. The minimum Gasteiger partial charge on any atom is -0.508 e. The average molecular weight is 505 g/mol. The van der Waals surface area contributed by atoms with Gasteiger partial charge in [0.05, 0.1) is 0 Å². The molecule has 2 saturated heterocycles. The van der Waals surface area contributed by atoms with Gasteiger partial charge in [0.15, 0.2) is 0 Å². The van der Waals surface area contributed by atoms with Gasteiger partial charge < -0.3 is 15.1 Å². The van der Waals surface area contributed by atoms with E-state index in [1.54, 1.807) is 6.07 Å². The van der Waals surface area contributed by atoms with Crippen molar-refractivity contribution in [1.82, 2.24) is 9.80 Å². The lowest BCUT2D eigenvalue weighted by atomic mass is 9.85. The molecule has 37 heavy (non-hydrogen) atoms. The summed E-state index contributed by atoms with van der Waals surface area (Å²) in [6, 6.07) is 19.0. The molecule has 0 radical (unpaired) electrons. The summed E-state index contributed by atoms with van der Waals surface area (Å²) in [7, 11) is 0. The highest BCUT2D eigenvalue weighted by Crippen LogP contribution is 2.43. The van der Waals surface area contributed by atoms with E-state index < -0.39 is 6.10 Å². The molecule has 1 amide bonds. The highest BCUT2D eigenvalue weighted by molar-refractivity contribution is 5.80. The number of carbonyl (C=O) groups excluding carboxylic acids is 1. The summed E-state index contributed by atoms with van der Waals surface area (Å²) in [5.41, 5.74) is 2.42. The van der Waals surface area contributed by atoms with E-state index in [9.17, 15) is 15.0 Å². The molecule has 200 valence electrons. The van der Waals surface area contributed by atoms with Gasteiger partial charge in [0, 0.05) is 31.7 Å². The average Bonchev–Trinajstić information content (AvgIpc) is 3.16. The summed E-state index contributed by atoms with van der Waals surface area (Å²) in [5.74, 6) is 1.34. The lowest BCUT2D eigenvalue weighted by Crippen LogP contribution is -2.49. The molecule has 2 aromatic carbocycles. The van der Waals surface area contributed by atoms with Crippen molar-refractivity contribution >= 4 is 5.91 Å². The zero-order valence-electron chi connectivity index (χ0n) is 22.2. The number of aliphatic hydroxyl groups excluding tert-OH is 1. The van der Waals surface area contributed by atoms with Gasteiger partial charge >= 0.3 is 0 Å². The van der Waals surface area contributed by atoms with Gasteiger partial charge in [-0.1, -0.05) is 61.7 Å². The number of amides is 1. The third kappa shape index (κ3) is 6.74. The van der Waals surface area contributed by atoms with Gasteiger partial charge in [-0.2, -0.15) is 0 Å². The molecule has 3 aliphatic rings. The topological polar surface area (TPSA) is 64.0 Å². The molecule has 3 atom stereocenters. The van der Waals surface area contributed by atoms with Crippen LogP contribution < -0.4 is 0 Å². The quantitative estimate of drug-likeness (QED) is 0.448. The van der Waals surface area contributed by atoms with Crippen LogP contribution in [-0.2, 0) is 11.2 Å². The van der Waals surface area contributed by atoms with Gasteiger partial charge in [0.1, 0.15) is 11.9 Å². The van der Waals surface area contributed by atoms with Crippen LogP contribution in [-0.4, -0.2) is 63.7 Å². The van der Waals surface area contributed by atoms with Crippen molar-refractivity contribution in [2.24, 2.45) is 5.92 Å². The molecule has 5 nitrogen and oxygen atoms in total. The molecule has 2 heterocycles. The Morgan fingerprint density at radius 1 is 0.946 bits per heavy atom. The van der Waals surface area contributed by atoms with Crippen LogP contribution in [0.1, 0.15) is 81.3 Å². The summed E-state index contributed by atoms with van der Waals surface area (Å²) in [4.78, 5) is 18.1. The van der Waals surface area contributed by atoms with Crippen molar-refractivity contribution in [2.75, 3.05) is 19.6 Å². The number of hydrogen-bond donors (Lipinski definition) is 2. The largest absolute Gasteiger partial charge is 0.508 e. The smallest absolute Gasteiger partial charge is 0.251 e. The Kier molecular flexibility index (Phi) is 8.83. The molecule has 1 aliphatic carbocycles. The maximum Gasteiger partial charge on any atom is 0.251 e. The molecule has 0 spiro atoms. The predicted octanol–water partition coefficient (Wildman–Crippen LogP) is 5.51. The van der Waals surface area contributed by atoms with E-state index >= 15 is 0 Å². The van der Waals surface area contributed by atoms with E-state index in [-0.39, 0.29) is 5.91 Å². The summed E-state index contributed by atoms with van der Waals surface area (Å²) in [5, 5.41) is 20.8. The van der Waals surface area contributed by atoms with Gasteiger partial charge in [0.2, 0.25) is 0 Å². The second kappa shape index (κ2) is 12.4. The number of hydrogen-bond acceptors (Lipinski definition) is 4. The molecular formula is C32H44N2O3. The van der Waals surface area contributed by atoms with E-state index in [2.05, 4.69) is 23.1 Å². The lowest BCUT2D eigenvalue weighted by molar-refractivity contribution is -0.141. The van der Waals surface area contributed by atoms with Crippen molar-refractivity contribution in [2.45, 2.75) is 94.7 Å². The Morgan fingerprint density at radius 2 is 1.68 bits per heavy atom. The number of phenols is 1. The van der Waals surface area contributed by atoms with Gasteiger partial charge in [-0.3, -0.25) is 9.69 Å². The molecule has 1 saturated carbocycles. The van der Waals surface area contributed by atoms with Crippen LogP contribution in [0.4, 0.5) is 0 Å². The Hall–Kier alpha value is -2.37. The summed E-state index contributed by atoms with van der Waals surface area (Å²) in [6.07, 6.45) is 11.2. The summed E-state index contributed by atoms with van der Waals surface area (Å²) >= 11 is 0. The second-order valence-electron chi connectivity index (χ2n) is 11.7. The third-order valence-electron chi connectivity index (χ3n) is 9.20. The van der Waals surface area contributed by atoms with Crippen molar-refractivity contribution in [3.05, 3.63) is 65.7 Å². The predicted molar refractivity (Wildman–Crippen MR) is 148 cm³/mol. The first kappa shape index (κ1) is 26.2. The fraction of sp³-hybridized carbons (Fsp3) is 0.594. The van der Waals surface area contributed by atoms with Crippen molar-refractivity contribution < 1.29 is 15.0 Å². The maximum absolute atomic E-state index is 13.5. The maximum atomic E-state index is 13.5. The minimum absolute atomic E-state index is 0.0801. The zero-order valence-corrected chi connectivity index (χ0v) is 22.2. The lowest BCUT2D eigenvalue weighted by Gasteiger charge is -2.41. The molecule has 0 aromatic heterocycles. The third-order valence-corrected chi connectivity index (χ3v) is 9.20. The van der Waals surface area contributed by atoms with Crippen molar-refractivity contribution in [1.29, 1.82) is 0 Å². The molecular weight excluding hydrogens is 460 g/mol. The number of phenolic OH excluding ortho intramolecular Hbond substituents is 1. The molecule has 5 heteroatoms. The molecule has 2 aliphatic heterocycles. The second-order valence-corrected chi connectivity index (χ2v) is 11.7. The van der Waals surface area contributed by atoms with Crippen LogP contribution in [0.15, 0.2) is 54.6 Å². The SMILES string of the molecule is O=C([C@H](O)CCc1ccccc1)N(CCN1C2CCC1CC(c1cccc(O)c1)C2)CC1CCCCC1. The molecule has 3 fully saturated rings. The van der Waals surface area contributed by atoms with E-state index in [0.29, 0.717) is 42.6 Å². The Labute approximate surface area is 222 Å². The number of rotatable bonds is 10. The van der Waals surface area contributed by atoms with Gasteiger partial charge in [-0.25, -0.2) is 0 Å². The van der Waals surface area contributed by atoms with Crippen LogP contribution in [0.2, 0.25) is 0 Å². The highest BCUT2D eigenvalue weighted by Gasteiger charge is 2.41. The molecule has 2 bridgehead atoms. The highest BCUT2D eigenvalue weighted by atomic mass is 16.3. The fourth-order valence-corrected chi connectivity index (χ4v) is 7.18. The molecule has 2 N–H and O–H groups in total. The number of nitrogens with zero attached hydrogens (tertiary/aromatic N) is 2. The normalized spacial score (nSPS) is 25.2. The van der Waals surface area contributed by atoms with Crippen LogP contribution in [0, 0.1) is 5.92 Å². The van der Waals surface area contributed by atoms with E-state index in [4.69, 9.17) is 0 Å². The zero-order chi connectivity index (χ0) is 25.6. The van der Waals surface area contributed by atoms with Gasteiger partial charge in [-0.05, 0) is 86.5 Å². The Bertz CT molecular complexity index is 992. The fourth-order valence-electron chi connectivity index (χ4n) is 7.18. The number of piperidine rings is 1. The first-order chi connectivity index (χ1) is 18.1. The number of fused-ring (bicyclic) bond motifs is 2.